The number of carbonyl (C=O) groups excluding carboxylic acids is 2. The van der Waals surface area contributed by atoms with Crippen molar-refractivity contribution in [3.05, 3.63) is 47.3 Å². The summed E-state index contributed by atoms with van der Waals surface area (Å²) in [5.41, 5.74) is 13.3. The zero-order chi connectivity index (χ0) is 21.7. The molecular weight excluding hydrogens is 391 g/mol. The van der Waals surface area contributed by atoms with Gasteiger partial charge in [0, 0.05) is 44.4 Å². The molecule has 1 aliphatic heterocycles. The summed E-state index contributed by atoms with van der Waals surface area (Å²) in [6.45, 7) is 1.49. The quantitative estimate of drug-likeness (QED) is 0.420. The lowest BCUT2D eigenvalue weighted by atomic mass is 9.99. The highest BCUT2D eigenvalue weighted by Crippen LogP contribution is 2.30. The van der Waals surface area contributed by atoms with Gasteiger partial charge in [0.15, 0.2) is 6.29 Å². The molecule has 0 bridgehead atoms. The molecule has 0 aromatic heterocycles. The zero-order valence-corrected chi connectivity index (χ0v) is 16.7. The van der Waals surface area contributed by atoms with Crippen LogP contribution in [-0.4, -0.2) is 50.4 Å². The third-order valence-corrected chi connectivity index (χ3v) is 4.94. The number of anilines is 2. The van der Waals surface area contributed by atoms with Crippen LogP contribution in [0, 0.1) is 11.7 Å². The first-order chi connectivity index (χ1) is 14.5. The van der Waals surface area contributed by atoms with Gasteiger partial charge in [-0.2, -0.15) is 0 Å². The van der Waals surface area contributed by atoms with Crippen LogP contribution in [0.3, 0.4) is 0 Å². The first-order valence-electron chi connectivity index (χ1n) is 9.55. The van der Waals surface area contributed by atoms with E-state index in [0.29, 0.717) is 49.7 Å². The van der Waals surface area contributed by atoms with Gasteiger partial charge in [-0.1, -0.05) is 0 Å². The fourth-order valence-electron chi connectivity index (χ4n) is 3.23. The number of nitrogen functional groups attached to an aromatic ring is 1. The molecule has 5 N–H and O–H groups in total. The lowest BCUT2D eigenvalue weighted by molar-refractivity contribution is -0.109. The molecule has 1 amide bonds. The van der Waals surface area contributed by atoms with Gasteiger partial charge in [-0.15, -0.1) is 0 Å². The fourth-order valence-corrected chi connectivity index (χ4v) is 3.23. The number of benzene rings is 2. The van der Waals surface area contributed by atoms with Gasteiger partial charge >= 0.3 is 0 Å². The van der Waals surface area contributed by atoms with Crippen LogP contribution in [0.4, 0.5) is 15.8 Å². The number of rotatable bonds is 9. The van der Waals surface area contributed by atoms with Gasteiger partial charge in [-0.3, -0.25) is 9.59 Å². The van der Waals surface area contributed by atoms with Gasteiger partial charge in [0.25, 0.3) is 5.91 Å². The van der Waals surface area contributed by atoms with Crippen LogP contribution in [0.25, 0.3) is 0 Å². The standard InChI is InChI=1S/C21H25FN4O4/c1-25-19-7-16(17(22)8-20(19)29-5-4-27)21(28)26-10-13(11-26)12-30-15-2-3-18(24)14(6-15)9-23/h2-4,6-8,13,25H,5,9-12,23-24H2,1H3. The number of nitrogens with zero attached hydrogens (tertiary/aromatic N) is 1. The van der Waals surface area contributed by atoms with E-state index in [9.17, 15) is 14.0 Å². The number of likely N-dealkylation sites (tertiary alicyclic amines) is 1. The summed E-state index contributed by atoms with van der Waals surface area (Å²) in [6.07, 6.45) is 0.569. The largest absolute Gasteiger partial charge is 0.493 e. The van der Waals surface area contributed by atoms with Crippen molar-refractivity contribution in [1.29, 1.82) is 0 Å². The minimum atomic E-state index is -0.698. The lowest BCUT2D eigenvalue weighted by Gasteiger charge is -2.39. The van der Waals surface area contributed by atoms with Crippen molar-refractivity contribution >= 4 is 23.6 Å². The highest BCUT2D eigenvalue weighted by molar-refractivity contribution is 5.96. The summed E-state index contributed by atoms with van der Waals surface area (Å²) < 4.78 is 25.4. The van der Waals surface area contributed by atoms with E-state index in [0.717, 1.165) is 11.6 Å². The molecular formula is C21H25FN4O4. The number of hydrogen-bond acceptors (Lipinski definition) is 7. The predicted molar refractivity (Wildman–Crippen MR) is 111 cm³/mol. The Kier molecular flexibility index (Phi) is 6.73. The summed E-state index contributed by atoms with van der Waals surface area (Å²) in [5, 5.41) is 2.85. The average Bonchev–Trinajstić information content (AvgIpc) is 2.71. The third kappa shape index (κ3) is 4.62. The van der Waals surface area contributed by atoms with Crippen molar-refractivity contribution in [3.8, 4) is 11.5 Å². The van der Waals surface area contributed by atoms with Gasteiger partial charge in [0.1, 0.15) is 23.9 Å². The average molecular weight is 416 g/mol. The Hall–Kier alpha value is -3.33. The molecule has 0 saturated carbocycles. The first kappa shape index (κ1) is 21.4. The molecule has 1 aliphatic rings. The second kappa shape index (κ2) is 9.45. The van der Waals surface area contributed by atoms with Crippen molar-refractivity contribution in [2.24, 2.45) is 11.7 Å². The van der Waals surface area contributed by atoms with Gasteiger partial charge in [0.2, 0.25) is 0 Å². The summed E-state index contributed by atoms with van der Waals surface area (Å²) in [5.74, 6) is -0.107. The van der Waals surface area contributed by atoms with Crippen LogP contribution in [0.2, 0.25) is 0 Å². The van der Waals surface area contributed by atoms with E-state index in [1.807, 2.05) is 0 Å². The molecule has 1 heterocycles. The highest BCUT2D eigenvalue weighted by Gasteiger charge is 2.33. The maximum Gasteiger partial charge on any atom is 0.256 e. The maximum absolute atomic E-state index is 14.4. The van der Waals surface area contributed by atoms with Crippen molar-refractivity contribution in [3.63, 3.8) is 0 Å². The van der Waals surface area contributed by atoms with E-state index in [-0.39, 0.29) is 23.8 Å². The molecule has 30 heavy (non-hydrogen) atoms. The summed E-state index contributed by atoms with van der Waals surface area (Å²) in [4.78, 5) is 24.7. The second-order valence-electron chi connectivity index (χ2n) is 7.01. The molecule has 0 spiro atoms. The predicted octanol–water partition coefficient (Wildman–Crippen LogP) is 1.64. The third-order valence-electron chi connectivity index (χ3n) is 4.94. The van der Waals surface area contributed by atoms with Crippen LogP contribution in [0.15, 0.2) is 30.3 Å². The topological polar surface area (TPSA) is 120 Å². The molecule has 8 nitrogen and oxygen atoms in total. The minimum Gasteiger partial charge on any atom is -0.493 e. The highest BCUT2D eigenvalue weighted by atomic mass is 19.1. The molecule has 0 atom stereocenters. The van der Waals surface area contributed by atoms with Crippen molar-refractivity contribution in [2.45, 2.75) is 6.54 Å². The molecule has 2 aromatic rings. The maximum atomic E-state index is 14.4. The van der Waals surface area contributed by atoms with Crippen molar-refractivity contribution in [1.82, 2.24) is 4.90 Å². The Balaban J connectivity index is 1.57. The summed E-state index contributed by atoms with van der Waals surface area (Å²) >= 11 is 0. The molecule has 0 aliphatic carbocycles. The van der Waals surface area contributed by atoms with E-state index in [1.54, 1.807) is 30.1 Å². The van der Waals surface area contributed by atoms with Gasteiger partial charge in [0.05, 0.1) is 17.9 Å². The Bertz CT molecular complexity index is 931. The first-order valence-corrected chi connectivity index (χ1v) is 9.55. The summed E-state index contributed by atoms with van der Waals surface area (Å²) in [6, 6.07) is 7.83. The van der Waals surface area contributed by atoms with Gasteiger partial charge < -0.3 is 31.2 Å². The number of halogens is 1. The van der Waals surface area contributed by atoms with Crippen molar-refractivity contribution in [2.75, 3.05) is 44.4 Å². The molecule has 1 fully saturated rings. The number of nitrogens with two attached hydrogens (primary N) is 2. The van der Waals surface area contributed by atoms with Crippen LogP contribution < -0.4 is 26.3 Å². The van der Waals surface area contributed by atoms with Crippen LogP contribution in [0.1, 0.15) is 15.9 Å². The number of aldehydes is 1. The number of amides is 1. The molecule has 160 valence electrons. The molecule has 0 unspecified atom stereocenters. The molecule has 0 radical (unpaired) electrons. The van der Waals surface area contributed by atoms with Gasteiger partial charge in [-0.25, -0.2) is 4.39 Å². The summed E-state index contributed by atoms with van der Waals surface area (Å²) in [7, 11) is 1.62. The number of nitrogens with one attached hydrogen (secondary N) is 1. The number of ether oxygens (including phenoxy) is 2. The number of hydrogen-bond donors (Lipinski definition) is 3. The van der Waals surface area contributed by atoms with E-state index in [1.165, 1.54) is 6.07 Å². The smallest absolute Gasteiger partial charge is 0.256 e. The lowest BCUT2D eigenvalue weighted by Crippen LogP contribution is -2.52. The van der Waals surface area contributed by atoms with Crippen molar-refractivity contribution < 1.29 is 23.5 Å². The molecule has 9 heteroatoms. The normalized spacial score (nSPS) is 13.5. The van der Waals surface area contributed by atoms with E-state index in [2.05, 4.69) is 5.32 Å². The zero-order valence-electron chi connectivity index (χ0n) is 16.7. The Morgan fingerprint density at radius 2 is 2.07 bits per heavy atom. The Morgan fingerprint density at radius 3 is 2.73 bits per heavy atom. The fraction of sp³-hybridized carbons (Fsp3) is 0.333. The van der Waals surface area contributed by atoms with Crippen LogP contribution in [0.5, 0.6) is 11.5 Å². The Morgan fingerprint density at radius 1 is 1.30 bits per heavy atom. The van der Waals surface area contributed by atoms with E-state index in [4.69, 9.17) is 20.9 Å². The van der Waals surface area contributed by atoms with Gasteiger partial charge in [-0.05, 0) is 29.8 Å². The molecule has 1 saturated heterocycles. The molecule has 2 aromatic carbocycles. The SMILES string of the molecule is CNc1cc(C(=O)N2CC(COc3ccc(N)c(CN)c3)C2)c(F)cc1OCC=O. The number of carbonyl (C=O) groups is 2. The van der Waals surface area contributed by atoms with Crippen LogP contribution in [-0.2, 0) is 11.3 Å². The van der Waals surface area contributed by atoms with E-state index >= 15 is 0 Å². The molecule has 3 rings (SSSR count). The second-order valence-corrected chi connectivity index (χ2v) is 7.01. The Labute approximate surface area is 173 Å². The van der Waals surface area contributed by atoms with E-state index < -0.39 is 11.7 Å². The minimum absolute atomic E-state index is 0.0525. The van der Waals surface area contributed by atoms with Crippen LogP contribution >= 0.6 is 0 Å². The monoisotopic (exact) mass is 416 g/mol.